The van der Waals surface area contributed by atoms with Crippen molar-refractivity contribution < 1.29 is 8.42 Å². The summed E-state index contributed by atoms with van der Waals surface area (Å²) in [5.41, 5.74) is 6.19. The quantitative estimate of drug-likeness (QED) is 0.760. The molecule has 1 aromatic heterocycles. The summed E-state index contributed by atoms with van der Waals surface area (Å²) < 4.78 is 27.1. The number of aromatic amines is 1. The van der Waals surface area contributed by atoms with Crippen molar-refractivity contribution in [3.63, 3.8) is 0 Å². The van der Waals surface area contributed by atoms with Gasteiger partial charge in [-0.1, -0.05) is 17.7 Å². The van der Waals surface area contributed by atoms with Gasteiger partial charge in [-0.2, -0.15) is 5.10 Å². The predicted molar refractivity (Wildman–Crippen MR) is 74.5 cm³/mol. The summed E-state index contributed by atoms with van der Waals surface area (Å²) in [6.45, 7) is 1.89. The van der Waals surface area contributed by atoms with Gasteiger partial charge in [0.25, 0.3) is 0 Å². The molecule has 0 aliphatic rings. The Kier molecular flexibility index (Phi) is 4.39. The highest BCUT2D eigenvalue weighted by Crippen LogP contribution is 2.24. The number of benzene rings is 1. The molecule has 4 N–H and O–H groups in total. The molecule has 2 rings (SSSR count). The lowest BCUT2D eigenvalue weighted by Crippen LogP contribution is -2.28. The summed E-state index contributed by atoms with van der Waals surface area (Å²) in [5.74, 6) is 0.416. The Hall–Kier alpha value is -1.48. The molecule has 7 nitrogen and oxygen atoms in total. The number of nitrogens with zero attached hydrogens (tertiary/aromatic N) is 2. The Morgan fingerprint density at radius 3 is 2.85 bits per heavy atom. The van der Waals surface area contributed by atoms with Crippen LogP contribution in [0.3, 0.4) is 0 Å². The van der Waals surface area contributed by atoms with E-state index in [0.717, 1.165) is 0 Å². The number of aromatic nitrogens is 3. The summed E-state index contributed by atoms with van der Waals surface area (Å²) in [7, 11) is -3.77. The van der Waals surface area contributed by atoms with Crippen LogP contribution in [0, 0.1) is 0 Å². The topological polar surface area (TPSA) is 114 Å². The molecule has 0 aliphatic heterocycles. The molecule has 108 valence electrons. The zero-order chi connectivity index (χ0) is 14.8. The molecule has 1 heterocycles. The molecule has 1 atom stereocenters. The van der Waals surface area contributed by atoms with Crippen molar-refractivity contribution in [1.82, 2.24) is 19.9 Å². The zero-order valence-corrected chi connectivity index (χ0v) is 12.2. The highest BCUT2D eigenvalue weighted by Gasteiger charge is 2.22. The van der Waals surface area contributed by atoms with Crippen LogP contribution in [-0.2, 0) is 16.6 Å². The van der Waals surface area contributed by atoms with Crippen molar-refractivity contribution >= 4 is 21.6 Å². The van der Waals surface area contributed by atoms with E-state index in [-0.39, 0.29) is 16.5 Å². The molecule has 20 heavy (non-hydrogen) atoms. The van der Waals surface area contributed by atoms with Gasteiger partial charge in [0, 0.05) is 6.54 Å². The van der Waals surface area contributed by atoms with Crippen molar-refractivity contribution in [3.8, 4) is 0 Å². The van der Waals surface area contributed by atoms with Crippen LogP contribution in [0.2, 0.25) is 5.02 Å². The fraction of sp³-hybridized carbons (Fsp3) is 0.273. The van der Waals surface area contributed by atoms with E-state index in [9.17, 15) is 8.42 Å². The minimum absolute atomic E-state index is 0.00604. The van der Waals surface area contributed by atoms with E-state index < -0.39 is 16.1 Å². The van der Waals surface area contributed by atoms with Crippen molar-refractivity contribution in [1.29, 1.82) is 0 Å². The monoisotopic (exact) mass is 315 g/mol. The summed E-state index contributed by atoms with van der Waals surface area (Å²) in [6, 6.07) is 4.09. The van der Waals surface area contributed by atoms with E-state index in [4.69, 9.17) is 17.3 Å². The average Bonchev–Trinajstić information content (AvgIpc) is 2.92. The molecule has 1 aromatic carbocycles. The van der Waals surface area contributed by atoms with Crippen LogP contribution in [-0.4, -0.2) is 23.6 Å². The number of rotatable bonds is 5. The number of hydrogen-bond donors (Lipinski definition) is 3. The average molecular weight is 316 g/mol. The molecule has 0 spiro atoms. The number of nitrogens with one attached hydrogen (secondary N) is 2. The minimum atomic E-state index is -3.77. The maximum absolute atomic E-state index is 12.3. The van der Waals surface area contributed by atoms with Gasteiger partial charge in [-0.3, -0.25) is 5.10 Å². The smallest absolute Gasteiger partial charge is 0.242 e. The number of sulfonamides is 1. The third kappa shape index (κ3) is 3.15. The van der Waals surface area contributed by atoms with Crippen molar-refractivity contribution in [3.05, 3.63) is 40.9 Å². The molecule has 2 aromatic rings. The lowest BCUT2D eigenvalue weighted by molar-refractivity contribution is 0.560. The summed E-state index contributed by atoms with van der Waals surface area (Å²) in [5, 5.41) is 6.42. The van der Waals surface area contributed by atoms with E-state index in [1.54, 1.807) is 13.0 Å². The lowest BCUT2D eigenvalue weighted by atomic mass is 10.2. The third-order valence-corrected chi connectivity index (χ3v) is 4.72. The Labute approximate surface area is 121 Å². The van der Waals surface area contributed by atoms with Gasteiger partial charge < -0.3 is 5.73 Å². The number of hydrogen-bond acceptors (Lipinski definition) is 5. The maximum Gasteiger partial charge on any atom is 0.242 e. The third-order valence-electron chi connectivity index (χ3n) is 2.70. The van der Waals surface area contributed by atoms with Crippen LogP contribution in [0.5, 0.6) is 0 Å². The summed E-state index contributed by atoms with van der Waals surface area (Å²) in [6.07, 6.45) is 1.31. The molecular weight excluding hydrogens is 302 g/mol. The molecule has 1 unspecified atom stereocenters. The van der Waals surface area contributed by atoms with E-state index in [1.807, 2.05) is 0 Å². The lowest BCUT2D eigenvalue weighted by Gasteiger charge is -2.13. The maximum atomic E-state index is 12.3. The summed E-state index contributed by atoms with van der Waals surface area (Å²) in [4.78, 5) is 3.90. The van der Waals surface area contributed by atoms with Crippen molar-refractivity contribution in [2.24, 2.45) is 5.73 Å². The minimum Gasteiger partial charge on any atom is -0.326 e. The zero-order valence-electron chi connectivity index (χ0n) is 10.7. The molecule has 0 aliphatic carbocycles. The van der Waals surface area contributed by atoms with Crippen LogP contribution in [0.1, 0.15) is 24.4 Å². The largest absolute Gasteiger partial charge is 0.326 e. The van der Waals surface area contributed by atoms with Crippen LogP contribution in [0.15, 0.2) is 29.4 Å². The Bertz CT molecular complexity index is 687. The Morgan fingerprint density at radius 1 is 1.50 bits per heavy atom. The second kappa shape index (κ2) is 5.88. The van der Waals surface area contributed by atoms with E-state index in [0.29, 0.717) is 11.4 Å². The predicted octanol–water partition coefficient (Wildman–Crippen LogP) is 0.956. The fourth-order valence-electron chi connectivity index (χ4n) is 1.66. The van der Waals surface area contributed by atoms with Gasteiger partial charge in [-0.15, -0.1) is 0 Å². The normalized spacial score (nSPS) is 13.3. The SMILES string of the molecule is CC(NS(=O)(=O)c1cc(CN)ccc1Cl)c1ncn[nH]1. The molecule has 9 heteroatoms. The van der Waals surface area contributed by atoms with Crippen LogP contribution < -0.4 is 10.5 Å². The van der Waals surface area contributed by atoms with Crippen LogP contribution in [0.4, 0.5) is 0 Å². The first-order valence-corrected chi connectivity index (χ1v) is 7.66. The van der Waals surface area contributed by atoms with Gasteiger partial charge in [-0.25, -0.2) is 18.1 Å². The van der Waals surface area contributed by atoms with Gasteiger partial charge in [0.05, 0.1) is 11.1 Å². The fourth-order valence-corrected chi connectivity index (χ4v) is 3.41. The highest BCUT2D eigenvalue weighted by atomic mass is 35.5. The first-order valence-electron chi connectivity index (χ1n) is 5.80. The molecule has 0 saturated heterocycles. The molecule has 0 radical (unpaired) electrons. The Balaban J connectivity index is 2.31. The van der Waals surface area contributed by atoms with Gasteiger partial charge in [-0.05, 0) is 24.6 Å². The van der Waals surface area contributed by atoms with Crippen molar-refractivity contribution in [2.75, 3.05) is 0 Å². The van der Waals surface area contributed by atoms with Gasteiger partial charge in [0.2, 0.25) is 10.0 Å². The molecule has 0 bridgehead atoms. The van der Waals surface area contributed by atoms with E-state index in [2.05, 4.69) is 19.9 Å². The first kappa shape index (κ1) is 14.9. The second-order valence-corrected chi connectivity index (χ2v) is 6.27. The number of H-pyrrole nitrogens is 1. The Morgan fingerprint density at radius 2 is 2.25 bits per heavy atom. The van der Waals surface area contributed by atoms with E-state index in [1.165, 1.54) is 18.5 Å². The standard InChI is InChI=1S/C11H14ClN5O2S/c1-7(11-14-6-15-16-11)17-20(18,19)10-4-8(5-13)2-3-9(10)12/h2-4,6-7,17H,5,13H2,1H3,(H,14,15,16). The highest BCUT2D eigenvalue weighted by molar-refractivity contribution is 7.89. The van der Waals surface area contributed by atoms with Gasteiger partial charge >= 0.3 is 0 Å². The number of nitrogens with two attached hydrogens (primary N) is 1. The van der Waals surface area contributed by atoms with Gasteiger partial charge in [0.1, 0.15) is 17.0 Å². The second-order valence-electron chi connectivity index (χ2n) is 4.18. The van der Waals surface area contributed by atoms with Crippen LogP contribution in [0.25, 0.3) is 0 Å². The molecular formula is C11H14ClN5O2S. The van der Waals surface area contributed by atoms with Crippen LogP contribution >= 0.6 is 11.6 Å². The van der Waals surface area contributed by atoms with E-state index >= 15 is 0 Å². The molecule has 0 amide bonds. The first-order chi connectivity index (χ1) is 9.44. The van der Waals surface area contributed by atoms with Gasteiger partial charge in [0.15, 0.2) is 0 Å². The summed E-state index contributed by atoms with van der Waals surface area (Å²) >= 11 is 5.95. The molecule has 0 saturated carbocycles. The van der Waals surface area contributed by atoms with Crippen molar-refractivity contribution in [2.45, 2.75) is 24.4 Å². The molecule has 0 fully saturated rings. The number of halogens is 1.